The smallest absolute Gasteiger partial charge is 0.310 e. The molecular weight excluding hydrogens is 319 g/mol. The van der Waals surface area contributed by atoms with Crippen LogP contribution in [0.25, 0.3) is 0 Å². The maximum atomic E-state index is 11.7. The molecule has 0 aromatic heterocycles. The third-order valence-corrected chi connectivity index (χ3v) is 3.95. The van der Waals surface area contributed by atoms with E-state index in [-0.39, 0.29) is 5.97 Å². The van der Waals surface area contributed by atoms with Gasteiger partial charge in [0, 0.05) is 0 Å². The Labute approximate surface area is 149 Å². The minimum atomic E-state index is -0.109. The van der Waals surface area contributed by atoms with Crippen molar-refractivity contribution in [2.24, 2.45) is 0 Å². The second kappa shape index (κ2) is 18.1. The van der Waals surface area contributed by atoms with Crippen LogP contribution in [0.5, 0.6) is 0 Å². The van der Waals surface area contributed by atoms with Crippen molar-refractivity contribution < 1.29 is 14.1 Å². The molecule has 0 aliphatic rings. The van der Waals surface area contributed by atoms with Gasteiger partial charge in [-0.15, -0.1) is 0 Å². The predicted molar refractivity (Wildman–Crippen MR) is 102 cm³/mol. The van der Waals surface area contributed by atoms with Gasteiger partial charge in [-0.25, -0.2) is 0 Å². The molecule has 1 aromatic carbocycles. The van der Waals surface area contributed by atoms with Crippen LogP contribution in [0.15, 0.2) is 30.3 Å². The topological polar surface area (TPSA) is 43.4 Å². The highest BCUT2D eigenvalue weighted by atomic mass is 31.0. The molecule has 1 aromatic rings. The van der Waals surface area contributed by atoms with Crippen molar-refractivity contribution in [1.29, 1.82) is 0 Å². The van der Waals surface area contributed by atoms with Crippen LogP contribution in [-0.2, 0) is 20.5 Å². The van der Waals surface area contributed by atoms with Crippen molar-refractivity contribution in [3.63, 3.8) is 0 Å². The molecule has 1 rings (SSSR count). The van der Waals surface area contributed by atoms with Crippen molar-refractivity contribution in [2.45, 2.75) is 77.6 Å². The van der Waals surface area contributed by atoms with Crippen LogP contribution >= 0.6 is 9.12 Å². The number of hydrogen-bond donors (Lipinski definition) is 0. The second-order valence-electron chi connectivity index (χ2n) is 6.06. The Bertz CT molecular complexity index is 395. The van der Waals surface area contributed by atoms with Crippen LogP contribution in [-0.4, -0.2) is 12.6 Å². The van der Waals surface area contributed by atoms with Crippen LogP contribution < -0.4 is 0 Å². The molecular formula is C20H33O3P. The highest BCUT2D eigenvalue weighted by Gasteiger charge is 2.03. The van der Waals surface area contributed by atoms with Gasteiger partial charge < -0.3 is 4.74 Å². The Morgan fingerprint density at radius 2 is 1.33 bits per heavy atom. The standard InChI is InChI=1S/C20H32O2.HOP/c1-2-3-4-5-6-7-8-9-10-14-17-22-20(21)18-19-15-12-11-13-16-19;1-2/h11-13,15-16H,2-10,14,17-18H2,1H3;2H. The molecule has 24 heavy (non-hydrogen) atoms. The molecule has 136 valence electrons. The third-order valence-electron chi connectivity index (χ3n) is 3.95. The van der Waals surface area contributed by atoms with E-state index in [0.717, 1.165) is 12.0 Å². The zero-order valence-electron chi connectivity index (χ0n) is 15.1. The normalized spacial score (nSPS) is 9.88. The first-order chi connectivity index (χ1) is 11.8. The molecule has 0 saturated heterocycles. The summed E-state index contributed by atoms with van der Waals surface area (Å²) < 4.78 is 13.3. The van der Waals surface area contributed by atoms with E-state index in [1.54, 1.807) is 9.12 Å². The van der Waals surface area contributed by atoms with Crippen molar-refractivity contribution in [2.75, 3.05) is 6.61 Å². The molecule has 0 saturated carbocycles. The van der Waals surface area contributed by atoms with Gasteiger partial charge in [-0.2, -0.15) is 0 Å². The minimum absolute atomic E-state index is 0.109. The van der Waals surface area contributed by atoms with Gasteiger partial charge in [0.2, 0.25) is 0 Å². The zero-order chi connectivity index (χ0) is 17.9. The van der Waals surface area contributed by atoms with E-state index in [4.69, 9.17) is 9.30 Å². The number of benzene rings is 1. The molecule has 0 radical (unpaired) electrons. The van der Waals surface area contributed by atoms with Gasteiger partial charge in [0.15, 0.2) is 0 Å². The summed E-state index contributed by atoms with van der Waals surface area (Å²) in [5.41, 5.74) is 1.02. The fraction of sp³-hybridized carbons (Fsp3) is 0.650. The lowest BCUT2D eigenvalue weighted by Crippen LogP contribution is -2.08. The Kier molecular flexibility index (Phi) is 17.2. The summed E-state index contributed by atoms with van der Waals surface area (Å²) in [5, 5.41) is 0. The van der Waals surface area contributed by atoms with Gasteiger partial charge in [0.25, 0.3) is 0 Å². The number of carbonyl (C=O) groups is 1. The molecule has 0 aliphatic heterocycles. The lowest BCUT2D eigenvalue weighted by Gasteiger charge is -2.05. The summed E-state index contributed by atoms with van der Waals surface area (Å²) in [5.74, 6) is -0.109. The number of hydrogen-bond acceptors (Lipinski definition) is 3. The maximum absolute atomic E-state index is 11.7. The maximum Gasteiger partial charge on any atom is 0.310 e. The molecule has 0 bridgehead atoms. The van der Waals surface area contributed by atoms with E-state index in [9.17, 15) is 4.79 Å². The summed E-state index contributed by atoms with van der Waals surface area (Å²) in [6.07, 6.45) is 13.4. The monoisotopic (exact) mass is 352 g/mol. The second-order valence-corrected chi connectivity index (χ2v) is 6.06. The fourth-order valence-electron chi connectivity index (χ4n) is 2.59. The highest BCUT2D eigenvalue weighted by molar-refractivity contribution is 7.00. The van der Waals surface area contributed by atoms with Crippen molar-refractivity contribution in [1.82, 2.24) is 0 Å². The largest absolute Gasteiger partial charge is 0.465 e. The van der Waals surface area contributed by atoms with Crippen molar-refractivity contribution >= 4 is 15.1 Å². The summed E-state index contributed by atoms with van der Waals surface area (Å²) in [6.45, 7) is 2.83. The van der Waals surface area contributed by atoms with E-state index < -0.39 is 0 Å². The number of unbranched alkanes of at least 4 members (excludes halogenated alkanes) is 9. The minimum Gasteiger partial charge on any atom is -0.465 e. The van der Waals surface area contributed by atoms with E-state index in [1.807, 2.05) is 30.3 Å². The summed E-state index contributed by atoms with van der Waals surface area (Å²) in [7, 11) is 1.72. The Hall–Kier alpha value is -1.21. The molecule has 0 fully saturated rings. The van der Waals surface area contributed by atoms with Gasteiger partial charge in [0.05, 0.1) is 13.0 Å². The average molecular weight is 352 g/mol. The quantitative estimate of drug-likeness (QED) is 0.242. The van der Waals surface area contributed by atoms with Crippen LogP contribution in [0.4, 0.5) is 0 Å². The highest BCUT2D eigenvalue weighted by Crippen LogP contribution is 2.10. The molecule has 0 aliphatic carbocycles. The van der Waals surface area contributed by atoms with Gasteiger partial charge in [-0.3, -0.25) is 9.36 Å². The molecule has 0 unspecified atom stereocenters. The average Bonchev–Trinajstić information content (AvgIpc) is 2.62. The lowest BCUT2D eigenvalue weighted by atomic mass is 10.1. The van der Waals surface area contributed by atoms with Crippen LogP contribution in [0.3, 0.4) is 0 Å². The van der Waals surface area contributed by atoms with Crippen LogP contribution in [0.1, 0.15) is 76.7 Å². The number of ether oxygens (including phenoxy) is 1. The number of rotatable bonds is 13. The van der Waals surface area contributed by atoms with E-state index >= 15 is 0 Å². The zero-order valence-corrected chi connectivity index (χ0v) is 16.1. The molecule has 0 spiro atoms. The number of carbonyl (C=O) groups excluding carboxylic acids is 1. The first-order valence-corrected chi connectivity index (χ1v) is 9.63. The fourth-order valence-corrected chi connectivity index (χ4v) is 2.59. The Balaban J connectivity index is 0.00000254. The van der Waals surface area contributed by atoms with E-state index in [0.29, 0.717) is 13.0 Å². The summed E-state index contributed by atoms with van der Waals surface area (Å²) in [4.78, 5) is 11.7. The predicted octanol–water partition coefficient (Wildman–Crippen LogP) is 6.17. The Morgan fingerprint density at radius 3 is 1.88 bits per heavy atom. The molecule has 0 N–H and O–H groups in total. The van der Waals surface area contributed by atoms with Gasteiger partial charge >= 0.3 is 5.97 Å². The van der Waals surface area contributed by atoms with Gasteiger partial charge in [-0.05, 0) is 12.0 Å². The first kappa shape index (κ1) is 22.8. The molecule has 0 atom stereocenters. The summed E-state index contributed by atoms with van der Waals surface area (Å²) >= 11 is 0. The molecule has 0 heterocycles. The molecule has 4 heteroatoms. The Morgan fingerprint density at radius 1 is 0.833 bits per heavy atom. The van der Waals surface area contributed by atoms with Crippen LogP contribution in [0.2, 0.25) is 0 Å². The molecule has 3 nitrogen and oxygen atoms in total. The first-order valence-electron chi connectivity index (χ1n) is 9.23. The van der Waals surface area contributed by atoms with Gasteiger partial charge in [0.1, 0.15) is 9.12 Å². The SMILES string of the molecule is CCCCCCCCCCCCOC(=O)Cc1ccccc1.O=P. The van der Waals surface area contributed by atoms with Gasteiger partial charge in [-0.1, -0.05) is 95.0 Å². The van der Waals surface area contributed by atoms with E-state index in [2.05, 4.69) is 6.92 Å². The van der Waals surface area contributed by atoms with E-state index in [1.165, 1.54) is 57.8 Å². The molecule has 0 amide bonds. The lowest BCUT2D eigenvalue weighted by molar-refractivity contribution is -0.142. The number of esters is 1. The van der Waals surface area contributed by atoms with Crippen molar-refractivity contribution in [3.8, 4) is 0 Å². The summed E-state index contributed by atoms with van der Waals surface area (Å²) in [6, 6.07) is 9.78. The van der Waals surface area contributed by atoms with Crippen molar-refractivity contribution in [3.05, 3.63) is 35.9 Å². The third kappa shape index (κ3) is 14.4. The van der Waals surface area contributed by atoms with Crippen LogP contribution in [0, 0.1) is 0 Å².